The number of nitrogens with zero attached hydrogens (tertiary/aromatic N) is 1. The molecule has 0 bridgehead atoms. The Bertz CT molecular complexity index is 906. The summed E-state index contributed by atoms with van der Waals surface area (Å²) in [4.78, 5) is 12.5. The average Bonchev–Trinajstić information content (AvgIpc) is 2.70. The van der Waals surface area contributed by atoms with E-state index in [0.29, 0.717) is 42.2 Å². The fraction of sp³-hybridized carbons (Fsp3) is 0.350. The van der Waals surface area contributed by atoms with Gasteiger partial charge in [0.25, 0.3) is 0 Å². The summed E-state index contributed by atoms with van der Waals surface area (Å²) in [7, 11) is -1.83. The molecule has 1 amide bonds. The highest BCUT2D eigenvalue weighted by Gasteiger charge is 2.31. The van der Waals surface area contributed by atoms with E-state index in [1.165, 1.54) is 4.31 Å². The number of nitrogens with one attached hydrogen (secondary N) is 1. The lowest BCUT2D eigenvalue weighted by Gasteiger charge is -2.30. The van der Waals surface area contributed by atoms with Crippen LogP contribution in [-0.2, 0) is 20.6 Å². The van der Waals surface area contributed by atoms with Gasteiger partial charge in [0.05, 0.1) is 12.9 Å². The second-order valence-corrected chi connectivity index (χ2v) is 9.18. The van der Waals surface area contributed by atoms with Crippen LogP contribution >= 0.6 is 11.6 Å². The highest BCUT2D eigenvalue weighted by Crippen LogP contribution is 2.24. The Morgan fingerprint density at radius 3 is 2.29 bits per heavy atom. The monoisotopic (exact) mass is 422 g/mol. The first-order valence-corrected chi connectivity index (χ1v) is 11.0. The summed E-state index contributed by atoms with van der Waals surface area (Å²) in [6.45, 7) is 0.688. The average molecular weight is 423 g/mol. The van der Waals surface area contributed by atoms with Crippen LogP contribution in [0.4, 0.5) is 5.69 Å². The lowest BCUT2D eigenvalue weighted by atomic mass is 9.97. The second kappa shape index (κ2) is 8.94. The summed E-state index contributed by atoms with van der Waals surface area (Å²) in [5.41, 5.74) is 1.40. The molecule has 0 spiro atoms. The number of hydrogen-bond donors (Lipinski definition) is 1. The molecule has 0 radical (unpaired) electrons. The van der Waals surface area contributed by atoms with E-state index in [9.17, 15) is 13.2 Å². The largest absolute Gasteiger partial charge is 0.497 e. The van der Waals surface area contributed by atoms with Crippen LogP contribution in [0.15, 0.2) is 48.5 Å². The summed E-state index contributed by atoms with van der Waals surface area (Å²) in [5, 5.41) is 3.46. The van der Waals surface area contributed by atoms with E-state index in [-0.39, 0.29) is 17.6 Å². The number of amides is 1. The van der Waals surface area contributed by atoms with Gasteiger partial charge in [-0.25, -0.2) is 12.7 Å². The minimum Gasteiger partial charge on any atom is -0.497 e. The summed E-state index contributed by atoms with van der Waals surface area (Å²) in [5.74, 6) is 0.369. The van der Waals surface area contributed by atoms with Gasteiger partial charge in [-0.1, -0.05) is 23.7 Å². The van der Waals surface area contributed by atoms with E-state index in [2.05, 4.69) is 5.32 Å². The number of piperidine rings is 1. The quantitative estimate of drug-likeness (QED) is 0.772. The van der Waals surface area contributed by atoms with Gasteiger partial charge in [0, 0.05) is 29.7 Å². The Hall–Kier alpha value is -2.09. The number of carbonyl (C=O) groups is 1. The topological polar surface area (TPSA) is 75.7 Å². The van der Waals surface area contributed by atoms with E-state index in [1.54, 1.807) is 55.6 Å². The third kappa shape index (κ3) is 5.25. The van der Waals surface area contributed by atoms with Gasteiger partial charge in [0.15, 0.2) is 0 Å². The number of methoxy groups -OCH3 is 1. The van der Waals surface area contributed by atoms with Gasteiger partial charge >= 0.3 is 0 Å². The standard InChI is InChI=1S/C20H23ClN2O4S/c1-27-19-8-6-18(7-9-19)22-20(24)16-10-12-23(13-11-16)28(25,26)14-15-2-4-17(21)5-3-15/h2-9,16H,10-14H2,1H3,(H,22,24). The SMILES string of the molecule is COc1ccc(NC(=O)C2CCN(S(=O)(=O)Cc3ccc(Cl)cc3)CC2)cc1. The summed E-state index contributed by atoms with van der Waals surface area (Å²) < 4.78 is 31.9. The van der Waals surface area contributed by atoms with Crippen LogP contribution in [-0.4, -0.2) is 38.8 Å². The molecule has 0 aromatic heterocycles. The Morgan fingerprint density at radius 1 is 1.11 bits per heavy atom. The maximum atomic E-state index is 12.6. The summed E-state index contributed by atoms with van der Waals surface area (Å²) in [6, 6.07) is 13.9. The van der Waals surface area contributed by atoms with Gasteiger partial charge in [-0.15, -0.1) is 0 Å². The predicted molar refractivity (Wildman–Crippen MR) is 110 cm³/mol. The first-order chi connectivity index (χ1) is 13.4. The Labute approximate surface area is 170 Å². The number of ether oxygens (including phenoxy) is 1. The molecule has 0 saturated carbocycles. The lowest BCUT2D eigenvalue weighted by Crippen LogP contribution is -2.41. The van der Waals surface area contributed by atoms with Gasteiger partial charge in [0.1, 0.15) is 5.75 Å². The van der Waals surface area contributed by atoms with Crippen molar-refractivity contribution in [1.82, 2.24) is 4.31 Å². The maximum absolute atomic E-state index is 12.6. The summed E-state index contributed by atoms with van der Waals surface area (Å²) in [6.07, 6.45) is 1.00. The van der Waals surface area contributed by atoms with Gasteiger partial charge in [-0.2, -0.15) is 0 Å². The molecular weight excluding hydrogens is 400 g/mol. The van der Waals surface area contributed by atoms with Crippen molar-refractivity contribution < 1.29 is 17.9 Å². The molecule has 0 atom stereocenters. The van der Waals surface area contributed by atoms with Crippen molar-refractivity contribution in [3.63, 3.8) is 0 Å². The molecule has 1 heterocycles. The lowest BCUT2D eigenvalue weighted by molar-refractivity contribution is -0.120. The zero-order chi connectivity index (χ0) is 20.1. The molecule has 3 rings (SSSR count). The van der Waals surface area contributed by atoms with Crippen molar-refractivity contribution in [3.8, 4) is 5.75 Å². The molecule has 2 aromatic carbocycles. The van der Waals surface area contributed by atoms with Crippen LogP contribution in [0.2, 0.25) is 5.02 Å². The molecule has 28 heavy (non-hydrogen) atoms. The fourth-order valence-corrected chi connectivity index (χ4v) is 4.89. The van der Waals surface area contributed by atoms with Crippen LogP contribution in [0.1, 0.15) is 18.4 Å². The van der Waals surface area contributed by atoms with Crippen LogP contribution in [0.5, 0.6) is 5.75 Å². The van der Waals surface area contributed by atoms with Crippen LogP contribution in [0.25, 0.3) is 0 Å². The minimum atomic E-state index is -3.42. The number of benzene rings is 2. The number of rotatable bonds is 6. The normalized spacial score (nSPS) is 15.9. The molecule has 1 N–H and O–H groups in total. The Kier molecular flexibility index (Phi) is 6.59. The van der Waals surface area contributed by atoms with E-state index in [0.717, 1.165) is 5.75 Å². The number of halogens is 1. The smallest absolute Gasteiger partial charge is 0.227 e. The van der Waals surface area contributed by atoms with Gasteiger partial charge < -0.3 is 10.1 Å². The number of anilines is 1. The number of sulfonamides is 1. The first kappa shape index (κ1) is 20.6. The molecule has 1 aliphatic rings. The van der Waals surface area contributed by atoms with E-state index >= 15 is 0 Å². The second-order valence-electron chi connectivity index (χ2n) is 6.77. The van der Waals surface area contributed by atoms with E-state index in [1.807, 2.05) is 0 Å². The molecule has 150 valence electrons. The van der Waals surface area contributed by atoms with Crippen LogP contribution in [0, 0.1) is 5.92 Å². The van der Waals surface area contributed by atoms with Crippen molar-refractivity contribution >= 4 is 33.2 Å². The van der Waals surface area contributed by atoms with Crippen molar-refractivity contribution in [2.75, 3.05) is 25.5 Å². The molecule has 0 unspecified atom stereocenters. The van der Waals surface area contributed by atoms with Crippen molar-refractivity contribution in [1.29, 1.82) is 0 Å². The van der Waals surface area contributed by atoms with Crippen molar-refractivity contribution in [2.24, 2.45) is 5.92 Å². The zero-order valence-electron chi connectivity index (χ0n) is 15.6. The van der Waals surface area contributed by atoms with Crippen molar-refractivity contribution in [3.05, 3.63) is 59.1 Å². The Balaban J connectivity index is 1.54. The van der Waals surface area contributed by atoms with E-state index in [4.69, 9.17) is 16.3 Å². The molecule has 1 aliphatic heterocycles. The highest BCUT2D eigenvalue weighted by molar-refractivity contribution is 7.88. The molecular formula is C20H23ClN2O4S. The van der Waals surface area contributed by atoms with Crippen LogP contribution in [0.3, 0.4) is 0 Å². The maximum Gasteiger partial charge on any atom is 0.227 e. The predicted octanol–water partition coefficient (Wildman–Crippen LogP) is 3.53. The molecule has 8 heteroatoms. The van der Waals surface area contributed by atoms with Gasteiger partial charge in [0.2, 0.25) is 15.9 Å². The highest BCUT2D eigenvalue weighted by atomic mass is 35.5. The first-order valence-electron chi connectivity index (χ1n) is 9.04. The number of carbonyl (C=O) groups excluding carboxylic acids is 1. The molecule has 1 fully saturated rings. The fourth-order valence-electron chi connectivity index (χ4n) is 3.20. The zero-order valence-corrected chi connectivity index (χ0v) is 17.2. The molecule has 6 nitrogen and oxygen atoms in total. The molecule has 1 saturated heterocycles. The van der Waals surface area contributed by atoms with Crippen LogP contribution < -0.4 is 10.1 Å². The molecule has 0 aliphatic carbocycles. The van der Waals surface area contributed by atoms with E-state index < -0.39 is 10.0 Å². The van der Waals surface area contributed by atoms with Crippen molar-refractivity contribution in [2.45, 2.75) is 18.6 Å². The van der Waals surface area contributed by atoms with Gasteiger partial charge in [-0.3, -0.25) is 4.79 Å². The molecule has 2 aromatic rings. The third-order valence-corrected chi connectivity index (χ3v) is 6.94. The number of hydrogen-bond acceptors (Lipinski definition) is 4. The third-order valence-electron chi connectivity index (χ3n) is 4.84. The Morgan fingerprint density at radius 2 is 1.71 bits per heavy atom. The minimum absolute atomic E-state index is 0.0626. The summed E-state index contributed by atoms with van der Waals surface area (Å²) >= 11 is 5.85. The van der Waals surface area contributed by atoms with Gasteiger partial charge in [-0.05, 0) is 54.8 Å².